The fourth-order valence-electron chi connectivity index (χ4n) is 2.77. The topological polar surface area (TPSA) is 69.2 Å². The van der Waals surface area contributed by atoms with Gasteiger partial charge in [0.2, 0.25) is 6.79 Å². The van der Waals surface area contributed by atoms with Crippen LogP contribution in [-0.2, 0) is 6.61 Å². The average Bonchev–Trinajstić information content (AvgIpc) is 3.22. The van der Waals surface area contributed by atoms with Gasteiger partial charge in [-0.15, -0.1) is 0 Å². The molecule has 0 saturated carbocycles. The number of aryl methyl sites for hydroxylation is 1. The summed E-state index contributed by atoms with van der Waals surface area (Å²) in [5.41, 5.74) is 6.15. The zero-order valence-electron chi connectivity index (χ0n) is 15.9. The molecule has 1 amide bonds. The van der Waals surface area contributed by atoms with Crippen LogP contribution in [0.5, 0.6) is 17.2 Å². The molecule has 0 fully saturated rings. The minimum Gasteiger partial charge on any atom is -0.489 e. The number of carbonyl (C=O) groups excluding carboxylic acids is 1. The molecule has 0 aliphatic carbocycles. The fraction of sp³-hybridized carbons (Fsp3) is 0.130. The highest BCUT2D eigenvalue weighted by Gasteiger charge is 2.15. The molecule has 1 aliphatic heterocycles. The number of hydrogen-bond donors (Lipinski definition) is 1. The molecule has 146 valence electrons. The highest BCUT2D eigenvalue weighted by molar-refractivity contribution is 5.95. The number of carbonyl (C=O) groups is 1. The Morgan fingerprint density at radius 1 is 1.03 bits per heavy atom. The number of benzene rings is 3. The van der Waals surface area contributed by atoms with E-state index in [0.717, 1.165) is 16.9 Å². The van der Waals surface area contributed by atoms with Gasteiger partial charge in [0.15, 0.2) is 11.5 Å². The second-order valence-electron chi connectivity index (χ2n) is 6.61. The Balaban J connectivity index is 1.29. The monoisotopic (exact) mass is 388 g/mol. The van der Waals surface area contributed by atoms with Crippen molar-refractivity contribution in [3.8, 4) is 17.2 Å². The van der Waals surface area contributed by atoms with Crippen LogP contribution in [0.25, 0.3) is 0 Å². The van der Waals surface area contributed by atoms with Crippen molar-refractivity contribution < 1.29 is 19.0 Å². The second kappa shape index (κ2) is 8.48. The van der Waals surface area contributed by atoms with Crippen LogP contribution in [0.2, 0.25) is 0 Å². The van der Waals surface area contributed by atoms with Crippen molar-refractivity contribution in [1.29, 1.82) is 0 Å². The minimum absolute atomic E-state index is 0.170. The van der Waals surface area contributed by atoms with Crippen LogP contribution in [0.3, 0.4) is 0 Å². The Labute approximate surface area is 168 Å². The highest BCUT2D eigenvalue weighted by Crippen LogP contribution is 2.32. The third-order valence-corrected chi connectivity index (χ3v) is 4.42. The van der Waals surface area contributed by atoms with Crippen LogP contribution in [-0.4, -0.2) is 18.9 Å². The standard InChI is InChI=1S/C23H20N2O4/c1-16-2-4-18(5-3-16)14-27-20-9-6-17(7-10-20)13-24-25-23(26)19-8-11-21-22(12-19)29-15-28-21/h2-13H,14-15H2,1H3,(H,25,26)/b24-13-. The summed E-state index contributed by atoms with van der Waals surface area (Å²) in [7, 11) is 0. The maximum absolute atomic E-state index is 12.2. The van der Waals surface area contributed by atoms with Gasteiger partial charge < -0.3 is 14.2 Å². The van der Waals surface area contributed by atoms with E-state index in [2.05, 4.69) is 41.7 Å². The van der Waals surface area contributed by atoms with Gasteiger partial charge in [-0.3, -0.25) is 4.79 Å². The molecule has 29 heavy (non-hydrogen) atoms. The van der Waals surface area contributed by atoms with Crippen molar-refractivity contribution in [3.05, 3.63) is 89.0 Å². The maximum atomic E-state index is 12.2. The summed E-state index contributed by atoms with van der Waals surface area (Å²) in [6, 6.07) is 20.7. The molecular formula is C23H20N2O4. The summed E-state index contributed by atoms with van der Waals surface area (Å²) in [5.74, 6) is 1.64. The summed E-state index contributed by atoms with van der Waals surface area (Å²) in [5, 5.41) is 4.01. The molecule has 0 spiro atoms. The number of rotatable bonds is 6. The van der Waals surface area contributed by atoms with E-state index in [-0.39, 0.29) is 12.7 Å². The molecular weight excluding hydrogens is 368 g/mol. The second-order valence-corrected chi connectivity index (χ2v) is 6.61. The van der Waals surface area contributed by atoms with Gasteiger partial charge in [-0.25, -0.2) is 5.43 Å². The third-order valence-electron chi connectivity index (χ3n) is 4.42. The van der Waals surface area contributed by atoms with Gasteiger partial charge >= 0.3 is 0 Å². The van der Waals surface area contributed by atoms with Gasteiger partial charge in [0.05, 0.1) is 6.21 Å². The van der Waals surface area contributed by atoms with E-state index in [4.69, 9.17) is 14.2 Å². The molecule has 3 aromatic carbocycles. The molecule has 0 aromatic heterocycles. The Morgan fingerprint density at radius 3 is 2.59 bits per heavy atom. The van der Waals surface area contributed by atoms with Crippen molar-refractivity contribution in [2.45, 2.75) is 13.5 Å². The lowest BCUT2D eigenvalue weighted by Crippen LogP contribution is -2.17. The smallest absolute Gasteiger partial charge is 0.271 e. The van der Waals surface area contributed by atoms with Gasteiger partial charge in [-0.05, 0) is 60.5 Å². The molecule has 6 heteroatoms. The predicted molar refractivity (Wildman–Crippen MR) is 110 cm³/mol. The number of amides is 1. The summed E-state index contributed by atoms with van der Waals surface area (Å²) in [4.78, 5) is 12.2. The molecule has 1 N–H and O–H groups in total. The highest BCUT2D eigenvalue weighted by atomic mass is 16.7. The van der Waals surface area contributed by atoms with E-state index in [9.17, 15) is 4.79 Å². The number of nitrogens with zero attached hydrogens (tertiary/aromatic N) is 1. The molecule has 4 rings (SSSR count). The molecule has 0 atom stereocenters. The number of ether oxygens (including phenoxy) is 3. The molecule has 0 unspecified atom stereocenters. The molecule has 0 saturated heterocycles. The molecule has 0 bridgehead atoms. The average molecular weight is 388 g/mol. The van der Waals surface area contributed by atoms with E-state index >= 15 is 0 Å². The zero-order chi connectivity index (χ0) is 20.1. The van der Waals surface area contributed by atoms with E-state index in [0.29, 0.717) is 23.7 Å². The van der Waals surface area contributed by atoms with Crippen LogP contribution in [0.1, 0.15) is 27.0 Å². The van der Waals surface area contributed by atoms with Crippen LogP contribution in [0.4, 0.5) is 0 Å². The number of hydrogen-bond acceptors (Lipinski definition) is 5. The lowest BCUT2D eigenvalue weighted by atomic mass is 10.2. The fourth-order valence-corrected chi connectivity index (χ4v) is 2.77. The zero-order valence-corrected chi connectivity index (χ0v) is 15.9. The van der Waals surface area contributed by atoms with E-state index in [1.54, 1.807) is 24.4 Å². The Morgan fingerprint density at radius 2 is 1.79 bits per heavy atom. The first kappa shape index (κ1) is 18.6. The van der Waals surface area contributed by atoms with Crippen molar-refractivity contribution in [3.63, 3.8) is 0 Å². The SMILES string of the molecule is Cc1ccc(COc2ccc(/C=N\NC(=O)c3ccc4c(c3)OCO4)cc2)cc1. The predicted octanol–water partition coefficient (Wildman–Crippen LogP) is 4.07. The number of hydrazone groups is 1. The summed E-state index contributed by atoms with van der Waals surface area (Å²) in [6.45, 7) is 2.74. The van der Waals surface area contributed by atoms with Gasteiger partial charge in [-0.1, -0.05) is 29.8 Å². The lowest BCUT2D eigenvalue weighted by Gasteiger charge is -2.07. The van der Waals surface area contributed by atoms with Gasteiger partial charge in [-0.2, -0.15) is 5.10 Å². The number of nitrogens with one attached hydrogen (secondary N) is 1. The molecule has 1 aliphatic rings. The maximum Gasteiger partial charge on any atom is 0.271 e. The normalized spacial score (nSPS) is 12.2. The summed E-state index contributed by atoms with van der Waals surface area (Å²) in [6.07, 6.45) is 1.58. The van der Waals surface area contributed by atoms with E-state index in [1.807, 2.05) is 24.3 Å². The van der Waals surface area contributed by atoms with Crippen molar-refractivity contribution in [2.24, 2.45) is 5.10 Å². The molecule has 3 aromatic rings. The third kappa shape index (κ3) is 4.73. The van der Waals surface area contributed by atoms with Crippen LogP contribution in [0.15, 0.2) is 71.8 Å². The van der Waals surface area contributed by atoms with E-state index in [1.165, 1.54) is 5.56 Å². The van der Waals surface area contributed by atoms with Crippen molar-refractivity contribution in [2.75, 3.05) is 6.79 Å². The van der Waals surface area contributed by atoms with Crippen molar-refractivity contribution >= 4 is 12.1 Å². The first-order valence-electron chi connectivity index (χ1n) is 9.19. The quantitative estimate of drug-likeness (QED) is 0.511. The molecule has 0 radical (unpaired) electrons. The Hall–Kier alpha value is -3.80. The van der Waals surface area contributed by atoms with Gasteiger partial charge in [0.1, 0.15) is 12.4 Å². The Bertz CT molecular complexity index is 1030. The molecule has 1 heterocycles. The van der Waals surface area contributed by atoms with Crippen LogP contribution >= 0.6 is 0 Å². The van der Waals surface area contributed by atoms with Crippen molar-refractivity contribution in [1.82, 2.24) is 5.43 Å². The number of fused-ring (bicyclic) bond motifs is 1. The van der Waals surface area contributed by atoms with Crippen LogP contribution < -0.4 is 19.6 Å². The first-order valence-corrected chi connectivity index (χ1v) is 9.19. The minimum atomic E-state index is -0.322. The lowest BCUT2D eigenvalue weighted by molar-refractivity contribution is 0.0954. The summed E-state index contributed by atoms with van der Waals surface area (Å²) < 4.78 is 16.3. The van der Waals surface area contributed by atoms with Crippen LogP contribution in [0, 0.1) is 6.92 Å². The molecule has 6 nitrogen and oxygen atoms in total. The largest absolute Gasteiger partial charge is 0.489 e. The summed E-state index contributed by atoms with van der Waals surface area (Å²) >= 11 is 0. The Kier molecular flexibility index (Phi) is 5.42. The van der Waals surface area contributed by atoms with Gasteiger partial charge in [0.25, 0.3) is 5.91 Å². The van der Waals surface area contributed by atoms with E-state index < -0.39 is 0 Å². The first-order chi connectivity index (χ1) is 14.2. The van der Waals surface area contributed by atoms with Gasteiger partial charge in [0, 0.05) is 5.56 Å².